The Balaban J connectivity index is 1.65. The summed E-state index contributed by atoms with van der Waals surface area (Å²) < 4.78 is 7.38. The van der Waals surface area contributed by atoms with Crippen molar-refractivity contribution < 1.29 is 9.53 Å². The number of aromatic nitrogens is 1. The van der Waals surface area contributed by atoms with Gasteiger partial charge in [0.15, 0.2) is 0 Å². The van der Waals surface area contributed by atoms with Gasteiger partial charge in [0.2, 0.25) is 0 Å². The predicted octanol–water partition coefficient (Wildman–Crippen LogP) is 3.89. The van der Waals surface area contributed by atoms with Crippen molar-refractivity contribution in [3.63, 3.8) is 0 Å². The monoisotopic (exact) mass is 377 g/mol. The molecule has 2 aromatic carbocycles. The van der Waals surface area contributed by atoms with E-state index in [9.17, 15) is 4.79 Å². The number of rotatable bonds is 9. The molecular formula is C23H27N3O2. The van der Waals surface area contributed by atoms with Crippen LogP contribution < -0.4 is 5.32 Å². The fraction of sp³-hybridized carbons (Fsp3) is 0.261. The summed E-state index contributed by atoms with van der Waals surface area (Å²) in [6, 6.07) is 24.2. The number of benzene rings is 2. The van der Waals surface area contributed by atoms with Gasteiger partial charge in [0.1, 0.15) is 0 Å². The Morgan fingerprint density at radius 3 is 2.32 bits per heavy atom. The van der Waals surface area contributed by atoms with Crippen LogP contribution in [-0.4, -0.2) is 35.8 Å². The average molecular weight is 377 g/mol. The zero-order valence-corrected chi connectivity index (χ0v) is 16.3. The van der Waals surface area contributed by atoms with Crippen molar-refractivity contribution in [3.8, 4) is 0 Å². The highest BCUT2D eigenvalue weighted by Gasteiger charge is 2.15. The molecule has 0 aliphatic carbocycles. The van der Waals surface area contributed by atoms with Gasteiger partial charge in [-0.1, -0.05) is 60.7 Å². The van der Waals surface area contributed by atoms with Gasteiger partial charge in [-0.25, -0.2) is 4.79 Å². The molecule has 0 fully saturated rings. The van der Waals surface area contributed by atoms with Gasteiger partial charge in [-0.2, -0.15) is 0 Å². The molecule has 146 valence electrons. The first-order valence-corrected chi connectivity index (χ1v) is 9.50. The molecule has 1 aromatic heterocycles. The number of methoxy groups -OCH3 is 1. The van der Waals surface area contributed by atoms with Crippen LogP contribution in [0.25, 0.3) is 0 Å². The fourth-order valence-electron chi connectivity index (χ4n) is 3.06. The van der Waals surface area contributed by atoms with Crippen molar-refractivity contribution in [2.24, 2.45) is 0 Å². The Morgan fingerprint density at radius 1 is 0.964 bits per heavy atom. The van der Waals surface area contributed by atoms with Gasteiger partial charge < -0.3 is 19.5 Å². The second-order valence-corrected chi connectivity index (χ2v) is 6.67. The number of hydrogen-bond acceptors (Lipinski definition) is 2. The minimum atomic E-state index is -0.0895. The number of nitrogens with zero attached hydrogens (tertiary/aromatic N) is 2. The van der Waals surface area contributed by atoms with Gasteiger partial charge in [-0.15, -0.1) is 0 Å². The van der Waals surface area contributed by atoms with Crippen LogP contribution in [0.2, 0.25) is 0 Å². The van der Waals surface area contributed by atoms with Gasteiger partial charge in [0.25, 0.3) is 0 Å². The lowest BCUT2D eigenvalue weighted by molar-refractivity contribution is 0.145. The quantitative estimate of drug-likeness (QED) is 0.615. The van der Waals surface area contributed by atoms with E-state index in [1.165, 1.54) is 5.56 Å². The van der Waals surface area contributed by atoms with Crippen molar-refractivity contribution in [3.05, 3.63) is 95.8 Å². The summed E-state index contributed by atoms with van der Waals surface area (Å²) in [5, 5.41) is 3.01. The Hall–Kier alpha value is -3.05. The maximum atomic E-state index is 12.8. The largest absolute Gasteiger partial charge is 0.383 e. The van der Waals surface area contributed by atoms with Crippen LogP contribution in [0.15, 0.2) is 79.0 Å². The number of ether oxygens (including phenoxy) is 1. The zero-order chi connectivity index (χ0) is 19.6. The Kier molecular flexibility index (Phi) is 7.27. The summed E-state index contributed by atoms with van der Waals surface area (Å²) in [4.78, 5) is 14.6. The molecular weight excluding hydrogens is 350 g/mol. The topological polar surface area (TPSA) is 46.5 Å². The van der Waals surface area contributed by atoms with Crippen molar-refractivity contribution in [2.45, 2.75) is 19.6 Å². The molecule has 0 saturated carbocycles. The first-order chi connectivity index (χ1) is 13.8. The van der Waals surface area contributed by atoms with Crippen molar-refractivity contribution in [1.82, 2.24) is 14.8 Å². The molecule has 0 aliphatic rings. The summed E-state index contributed by atoms with van der Waals surface area (Å²) >= 11 is 0. The first kappa shape index (κ1) is 19.7. The summed E-state index contributed by atoms with van der Waals surface area (Å²) in [5.74, 6) is 0. The Bertz CT molecular complexity index is 847. The van der Waals surface area contributed by atoms with E-state index in [4.69, 9.17) is 4.74 Å². The third kappa shape index (κ3) is 5.72. The molecule has 0 spiro atoms. The van der Waals surface area contributed by atoms with Gasteiger partial charge in [0.05, 0.1) is 13.2 Å². The second-order valence-electron chi connectivity index (χ2n) is 6.67. The van der Waals surface area contributed by atoms with E-state index in [0.717, 1.165) is 17.8 Å². The minimum absolute atomic E-state index is 0.0895. The van der Waals surface area contributed by atoms with Gasteiger partial charge in [-0.05, 0) is 23.3 Å². The van der Waals surface area contributed by atoms with Crippen LogP contribution in [0.3, 0.4) is 0 Å². The molecule has 28 heavy (non-hydrogen) atoms. The van der Waals surface area contributed by atoms with Crippen LogP contribution in [-0.2, 0) is 24.4 Å². The first-order valence-electron chi connectivity index (χ1n) is 9.50. The molecule has 3 aromatic rings. The molecule has 0 saturated heterocycles. The maximum Gasteiger partial charge on any atom is 0.318 e. The lowest BCUT2D eigenvalue weighted by Crippen LogP contribution is -2.41. The summed E-state index contributed by atoms with van der Waals surface area (Å²) in [7, 11) is 1.65. The van der Waals surface area contributed by atoms with Crippen molar-refractivity contribution in [1.29, 1.82) is 0 Å². The van der Waals surface area contributed by atoms with E-state index >= 15 is 0 Å². The van der Waals surface area contributed by atoms with Crippen molar-refractivity contribution >= 4 is 6.03 Å². The third-order valence-corrected chi connectivity index (χ3v) is 4.61. The van der Waals surface area contributed by atoms with E-state index in [1.807, 2.05) is 54.6 Å². The summed E-state index contributed by atoms with van der Waals surface area (Å²) in [5.41, 5.74) is 3.40. The lowest BCUT2D eigenvalue weighted by atomic mass is 10.2. The molecule has 5 nitrogen and oxygen atoms in total. The van der Waals surface area contributed by atoms with E-state index in [1.54, 1.807) is 12.0 Å². The molecule has 0 atom stereocenters. The third-order valence-electron chi connectivity index (χ3n) is 4.61. The standard InChI is InChI=1S/C23H27N3O2/c1-28-16-15-26(23(27)24-17-20-9-4-2-5-10-20)19-22-13-8-14-25(22)18-21-11-6-3-7-12-21/h2-14H,15-19H2,1H3,(H,24,27). The number of urea groups is 1. The van der Waals surface area contributed by atoms with Crippen LogP contribution in [0.5, 0.6) is 0 Å². The molecule has 0 bridgehead atoms. The second kappa shape index (κ2) is 10.3. The SMILES string of the molecule is COCCN(Cc1cccn1Cc1ccccc1)C(=O)NCc1ccccc1. The normalized spacial score (nSPS) is 10.6. The summed E-state index contributed by atoms with van der Waals surface area (Å²) in [6.07, 6.45) is 2.05. The summed E-state index contributed by atoms with van der Waals surface area (Å²) in [6.45, 7) is 2.86. The minimum Gasteiger partial charge on any atom is -0.383 e. The van der Waals surface area contributed by atoms with Gasteiger partial charge in [-0.3, -0.25) is 0 Å². The van der Waals surface area contributed by atoms with Crippen molar-refractivity contribution in [2.75, 3.05) is 20.3 Å². The van der Waals surface area contributed by atoms with E-state index in [-0.39, 0.29) is 6.03 Å². The Labute approximate surface area is 166 Å². The van der Waals surface area contributed by atoms with Gasteiger partial charge in [0, 0.05) is 38.6 Å². The highest BCUT2D eigenvalue weighted by molar-refractivity contribution is 5.74. The van der Waals surface area contributed by atoms with E-state index in [0.29, 0.717) is 26.2 Å². The maximum absolute atomic E-state index is 12.8. The number of carbonyl (C=O) groups excluding carboxylic acids is 1. The molecule has 5 heteroatoms. The number of carbonyl (C=O) groups is 1. The van der Waals surface area contributed by atoms with E-state index < -0.39 is 0 Å². The van der Waals surface area contributed by atoms with E-state index in [2.05, 4.69) is 34.3 Å². The molecule has 0 aliphatic heterocycles. The lowest BCUT2D eigenvalue weighted by Gasteiger charge is -2.24. The van der Waals surface area contributed by atoms with Crippen LogP contribution in [0.4, 0.5) is 4.79 Å². The smallest absolute Gasteiger partial charge is 0.318 e. The molecule has 1 heterocycles. The van der Waals surface area contributed by atoms with Crippen LogP contribution >= 0.6 is 0 Å². The fourth-order valence-corrected chi connectivity index (χ4v) is 3.06. The van der Waals surface area contributed by atoms with Crippen LogP contribution in [0.1, 0.15) is 16.8 Å². The van der Waals surface area contributed by atoms with Gasteiger partial charge >= 0.3 is 6.03 Å². The molecule has 1 N–H and O–H groups in total. The van der Waals surface area contributed by atoms with Crippen LogP contribution in [0, 0.1) is 0 Å². The molecule has 0 radical (unpaired) electrons. The highest BCUT2D eigenvalue weighted by atomic mass is 16.5. The average Bonchev–Trinajstić information content (AvgIpc) is 3.17. The number of amides is 2. The number of nitrogens with one attached hydrogen (secondary N) is 1. The predicted molar refractivity (Wildman–Crippen MR) is 111 cm³/mol. The highest BCUT2D eigenvalue weighted by Crippen LogP contribution is 2.11. The zero-order valence-electron chi connectivity index (χ0n) is 16.3. The molecule has 3 rings (SSSR count). The molecule has 0 unspecified atom stereocenters. The Morgan fingerprint density at radius 2 is 1.64 bits per heavy atom. The molecule has 2 amide bonds. The number of hydrogen-bond donors (Lipinski definition) is 1.